The third kappa shape index (κ3) is 3.14. The number of nitro groups is 1. The molecule has 0 saturated carbocycles. The Morgan fingerprint density at radius 1 is 1.26 bits per heavy atom. The van der Waals surface area contributed by atoms with E-state index < -0.39 is 4.92 Å². The fourth-order valence-electron chi connectivity index (χ4n) is 1.55. The summed E-state index contributed by atoms with van der Waals surface area (Å²) in [7, 11) is 0. The number of aryl methyl sites for hydroxylation is 1. The van der Waals surface area contributed by atoms with Gasteiger partial charge in [0.1, 0.15) is 0 Å². The molecule has 0 radical (unpaired) electrons. The summed E-state index contributed by atoms with van der Waals surface area (Å²) in [6.45, 7) is 1.98. The molecule has 0 atom stereocenters. The first-order chi connectivity index (χ1) is 9.08. The zero-order valence-corrected chi connectivity index (χ0v) is 11.0. The van der Waals surface area contributed by atoms with Crippen molar-refractivity contribution in [2.75, 3.05) is 0 Å². The van der Waals surface area contributed by atoms with Gasteiger partial charge in [0.2, 0.25) is 0 Å². The number of nitro benzene ring substituents is 1. The van der Waals surface area contributed by atoms with Crippen LogP contribution in [-0.4, -0.2) is 10.7 Å². The van der Waals surface area contributed by atoms with Gasteiger partial charge in [-0.15, -0.1) is 11.3 Å². The van der Waals surface area contributed by atoms with E-state index >= 15 is 0 Å². The third-order valence-corrected chi connectivity index (χ3v) is 3.63. The van der Waals surface area contributed by atoms with E-state index in [4.69, 9.17) is 0 Å². The third-order valence-electron chi connectivity index (χ3n) is 2.65. The van der Waals surface area contributed by atoms with Crippen LogP contribution in [0.3, 0.4) is 0 Å². The molecule has 0 aliphatic rings. The van der Waals surface area contributed by atoms with Crippen LogP contribution in [0.25, 0.3) is 6.08 Å². The summed E-state index contributed by atoms with van der Waals surface area (Å²) < 4.78 is 0. The van der Waals surface area contributed by atoms with Crippen LogP contribution in [0, 0.1) is 17.0 Å². The molecule has 1 aromatic carbocycles. The highest BCUT2D eigenvalue weighted by Gasteiger charge is 2.07. The van der Waals surface area contributed by atoms with Crippen molar-refractivity contribution in [3.63, 3.8) is 0 Å². The van der Waals surface area contributed by atoms with E-state index in [-0.39, 0.29) is 11.5 Å². The largest absolute Gasteiger partial charge is 0.289 e. The smallest absolute Gasteiger partial charge is 0.269 e. The van der Waals surface area contributed by atoms with Crippen molar-refractivity contribution in [1.29, 1.82) is 0 Å². The summed E-state index contributed by atoms with van der Waals surface area (Å²) in [6, 6.07) is 7.58. The number of thiophene rings is 1. The Kier molecular flexibility index (Phi) is 3.87. The Bertz CT molecular complexity index is 641. The fraction of sp³-hybridized carbons (Fsp3) is 0.0714. The average Bonchev–Trinajstić information content (AvgIpc) is 2.81. The van der Waals surface area contributed by atoms with Gasteiger partial charge in [-0.05, 0) is 48.2 Å². The zero-order chi connectivity index (χ0) is 13.8. The highest BCUT2D eigenvalue weighted by Crippen LogP contribution is 2.18. The number of carbonyl (C=O) groups is 1. The second kappa shape index (κ2) is 5.58. The Morgan fingerprint density at radius 2 is 1.95 bits per heavy atom. The second-order valence-electron chi connectivity index (χ2n) is 3.97. The van der Waals surface area contributed by atoms with Crippen LogP contribution in [0.1, 0.15) is 20.8 Å². The molecule has 0 unspecified atom stereocenters. The molecule has 96 valence electrons. The molecule has 0 spiro atoms. The molecule has 5 heteroatoms. The molecule has 0 aliphatic carbocycles. The topological polar surface area (TPSA) is 60.2 Å². The number of benzene rings is 1. The van der Waals surface area contributed by atoms with E-state index in [1.165, 1.54) is 30.3 Å². The first kappa shape index (κ1) is 13.2. The molecule has 0 fully saturated rings. The van der Waals surface area contributed by atoms with Crippen LogP contribution < -0.4 is 0 Å². The molecular weight excluding hydrogens is 262 g/mol. The van der Waals surface area contributed by atoms with Gasteiger partial charge in [0, 0.05) is 22.6 Å². The van der Waals surface area contributed by atoms with Crippen LogP contribution in [0.4, 0.5) is 5.69 Å². The van der Waals surface area contributed by atoms with E-state index in [0.717, 1.165) is 10.4 Å². The Labute approximate surface area is 114 Å². The van der Waals surface area contributed by atoms with E-state index in [9.17, 15) is 14.9 Å². The highest BCUT2D eigenvalue weighted by atomic mass is 32.1. The van der Waals surface area contributed by atoms with Crippen molar-refractivity contribution in [1.82, 2.24) is 0 Å². The molecule has 0 bridgehead atoms. The summed E-state index contributed by atoms with van der Waals surface area (Å²) >= 11 is 1.56. The van der Waals surface area contributed by atoms with Crippen LogP contribution >= 0.6 is 11.3 Å². The molecule has 19 heavy (non-hydrogen) atoms. The number of ketones is 1. The molecule has 4 nitrogen and oxygen atoms in total. The summed E-state index contributed by atoms with van der Waals surface area (Å²) in [5.41, 5.74) is 1.54. The van der Waals surface area contributed by atoms with Gasteiger partial charge >= 0.3 is 0 Å². The molecule has 1 aromatic heterocycles. The van der Waals surface area contributed by atoms with Crippen LogP contribution in [0.5, 0.6) is 0 Å². The standard InChI is InChI=1S/C14H11NO3S/c1-10-8-9-19-14(10)7-6-13(16)11-2-4-12(5-3-11)15(17)18/h2-9H,1H3/b7-6+. The van der Waals surface area contributed by atoms with Gasteiger partial charge in [-0.1, -0.05) is 0 Å². The molecule has 0 saturated heterocycles. The van der Waals surface area contributed by atoms with Crippen LogP contribution in [0.2, 0.25) is 0 Å². The summed E-state index contributed by atoms with van der Waals surface area (Å²) in [4.78, 5) is 22.9. The molecule has 0 N–H and O–H groups in total. The lowest BCUT2D eigenvalue weighted by Crippen LogP contribution is -1.95. The lowest BCUT2D eigenvalue weighted by molar-refractivity contribution is -0.384. The van der Waals surface area contributed by atoms with Gasteiger partial charge in [0.05, 0.1) is 4.92 Å². The predicted octanol–water partition coefficient (Wildman–Crippen LogP) is 3.86. The first-order valence-electron chi connectivity index (χ1n) is 5.59. The number of allylic oxidation sites excluding steroid dienone is 1. The van der Waals surface area contributed by atoms with E-state index in [1.54, 1.807) is 17.4 Å². The minimum absolute atomic E-state index is 0.0189. The second-order valence-corrected chi connectivity index (χ2v) is 4.92. The first-order valence-corrected chi connectivity index (χ1v) is 6.47. The summed E-state index contributed by atoms with van der Waals surface area (Å²) in [5, 5.41) is 12.5. The zero-order valence-electron chi connectivity index (χ0n) is 10.2. The lowest BCUT2D eigenvalue weighted by atomic mass is 10.1. The number of rotatable bonds is 4. The van der Waals surface area contributed by atoms with Gasteiger partial charge in [-0.25, -0.2) is 0 Å². The molecule has 2 rings (SSSR count). The average molecular weight is 273 g/mol. The Balaban J connectivity index is 2.14. The van der Waals surface area contributed by atoms with Gasteiger partial charge in [0.15, 0.2) is 5.78 Å². The molecular formula is C14H11NO3S. The highest BCUT2D eigenvalue weighted by molar-refractivity contribution is 7.11. The van der Waals surface area contributed by atoms with Gasteiger partial charge in [-0.3, -0.25) is 14.9 Å². The maximum atomic E-state index is 11.9. The van der Waals surface area contributed by atoms with E-state index in [1.807, 2.05) is 18.4 Å². The summed E-state index contributed by atoms with van der Waals surface area (Å²) in [6.07, 6.45) is 3.25. The quantitative estimate of drug-likeness (QED) is 0.368. The maximum absolute atomic E-state index is 11.9. The van der Waals surface area contributed by atoms with Crippen LogP contribution in [-0.2, 0) is 0 Å². The van der Waals surface area contributed by atoms with E-state index in [2.05, 4.69) is 0 Å². The van der Waals surface area contributed by atoms with Crippen molar-refractivity contribution >= 4 is 28.9 Å². The minimum atomic E-state index is -0.487. The van der Waals surface area contributed by atoms with Crippen molar-refractivity contribution in [2.24, 2.45) is 0 Å². The van der Waals surface area contributed by atoms with E-state index in [0.29, 0.717) is 5.56 Å². The SMILES string of the molecule is Cc1ccsc1/C=C/C(=O)c1ccc([N+](=O)[O-])cc1. The van der Waals surface area contributed by atoms with Gasteiger partial charge in [0.25, 0.3) is 5.69 Å². The molecule has 0 aliphatic heterocycles. The van der Waals surface area contributed by atoms with Crippen molar-refractivity contribution in [3.05, 3.63) is 67.9 Å². The number of nitrogens with zero attached hydrogens (tertiary/aromatic N) is 1. The van der Waals surface area contributed by atoms with Crippen LogP contribution in [0.15, 0.2) is 41.8 Å². The Hall–Kier alpha value is -2.27. The lowest BCUT2D eigenvalue weighted by Gasteiger charge is -1.95. The number of non-ortho nitro benzene ring substituents is 1. The maximum Gasteiger partial charge on any atom is 0.269 e. The number of hydrogen-bond acceptors (Lipinski definition) is 4. The minimum Gasteiger partial charge on any atom is -0.289 e. The fourth-order valence-corrected chi connectivity index (χ4v) is 2.37. The predicted molar refractivity (Wildman–Crippen MR) is 75.5 cm³/mol. The molecule has 0 amide bonds. The van der Waals surface area contributed by atoms with Crippen molar-refractivity contribution < 1.29 is 9.72 Å². The molecule has 2 aromatic rings. The van der Waals surface area contributed by atoms with Gasteiger partial charge < -0.3 is 0 Å². The molecule has 1 heterocycles. The normalized spacial score (nSPS) is 10.8. The Morgan fingerprint density at radius 3 is 2.47 bits per heavy atom. The number of hydrogen-bond donors (Lipinski definition) is 0. The van der Waals surface area contributed by atoms with Gasteiger partial charge in [-0.2, -0.15) is 0 Å². The monoisotopic (exact) mass is 273 g/mol. The summed E-state index contributed by atoms with van der Waals surface area (Å²) in [5.74, 6) is -0.164. The van der Waals surface area contributed by atoms with Crippen molar-refractivity contribution in [2.45, 2.75) is 6.92 Å². The number of carbonyl (C=O) groups excluding carboxylic acids is 1. The van der Waals surface area contributed by atoms with Crippen molar-refractivity contribution in [3.8, 4) is 0 Å².